The van der Waals surface area contributed by atoms with Gasteiger partial charge in [-0.15, -0.1) is 0 Å². The SMILES string of the molecule is COc1cc(Cl)cc(-c2cc(C)c3cn(C)nc3n2)c1OC(C)C(=O)O. The average Bonchev–Trinajstić information content (AvgIpc) is 2.96. The summed E-state index contributed by atoms with van der Waals surface area (Å²) < 4.78 is 12.7. The summed E-state index contributed by atoms with van der Waals surface area (Å²) in [7, 11) is 3.29. The van der Waals surface area contributed by atoms with E-state index < -0.39 is 12.1 Å². The van der Waals surface area contributed by atoms with Gasteiger partial charge in [-0.25, -0.2) is 9.78 Å². The van der Waals surface area contributed by atoms with Crippen molar-refractivity contribution >= 4 is 28.6 Å². The summed E-state index contributed by atoms with van der Waals surface area (Å²) >= 11 is 6.21. The van der Waals surface area contributed by atoms with Crippen LogP contribution in [0.3, 0.4) is 0 Å². The molecule has 2 heterocycles. The van der Waals surface area contributed by atoms with Crippen molar-refractivity contribution in [3.05, 3.63) is 35.0 Å². The lowest BCUT2D eigenvalue weighted by molar-refractivity contribution is -0.144. The van der Waals surface area contributed by atoms with Gasteiger partial charge in [0.05, 0.1) is 12.8 Å². The molecule has 0 radical (unpaired) electrons. The smallest absolute Gasteiger partial charge is 0.344 e. The summed E-state index contributed by atoms with van der Waals surface area (Å²) in [6.07, 6.45) is 0.827. The van der Waals surface area contributed by atoms with Gasteiger partial charge >= 0.3 is 5.97 Å². The predicted molar refractivity (Wildman–Crippen MR) is 98.0 cm³/mol. The van der Waals surface area contributed by atoms with Crippen LogP contribution in [0, 0.1) is 6.92 Å². The van der Waals surface area contributed by atoms with E-state index in [1.807, 2.05) is 26.2 Å². The predicted octanol–water partition coefficient (Wildman–Crippen LogP) is 3.46. The summed E-state index contributed by atoms with van der Waals surface area (Å²) in [5.41, 5.74) is 2.67. The number of hydrogen-bond acceptors (Lipinski definition) is 5. The number of aromatic nitrogens is 3. The molecule has 0 spiro atoms. The van der Waals surface area contributed by atoms with Crippen LogP contribution >= 0.6 is 11.6 Å². The monoisotopic (exact) mass is 375 g/mol. The first-order valence-electron chi connectivity index (χ1n) is 7.88. The lowest BCUT2D eigenvalue weighted by atomic mass is 10.1. The number of ether oxygens (including phenoxy) is 2. The topological polar surface area (TPSA) is 86.5 Å². The highest BCUT2D eigenvalue weighted by Crippen LogP contribution is 2.41. The molecular formula is C18H18ClN3O4. The fraction of sp³-hybridized carbons (Fsp3) is 0.278. The number of nitrogens with zero attached hydrogens (tertiary/aromatic N) is 3. The van der Waals surface area contributed by atoms with Gasteiger partial charge in [0.1, 0.15) is 0 Å². The molecule has 136 valence electrons. The molecule has 0 saturated carbocycles. The van der Waals surface area contributed by atoms with Gasteiger partial charge in [0.25, 0.3) is 0 Å². The largest absolute Gasteiger partial charge is 0.493 e. The van der Waals surface area contributed by atoms with Crippen LogP contribution in [-0.4, -0.2) is 39.1 Å². The van der Waals surface area contributed by atoms with Gasteiger partial charge in [-0.05, 0) is 31.5 Å². The van der Waals surface area contributed by atoms with Crippen LogP contribution in [-0.2, 0) is 11.8 Å². The number of methoxy groups -OCH3 is 1. The Morgan fingerprint density at radius 3 is 2.73 bits per heavy atom. The van der Waals surface area contributed by atoms with Gasteiger partial charge in [-0.1, -0.05) is 11.6 Å². The standard InChI is InChI=1S/C18H18ClN3O4/c1-9-5-14(20-17-13(9)8-22(3)21-17)12-6-11(19)7-15(25-4)16(12)26-10(2)18(23)24/h5-8,10H,1-4H3,(H,23,24). The fourth-order valence-corrected chi connectivity index (χ4v) is 2.87. The summed E-state index contributed by atoms with van der Waals surface area (Å²) in [6.45, 7) is 3.40. The fourth-order valence-electron chi connectivity index (χ4n) is 2.66. The number of fused-ring (bicyclic) bond motifs is 1. The summed E-state index contributed by atoms with van der Waals surface area (Å²) in [5, 5.41) is 14.9. The zero-order valence-electron chi connectivity index (χ0n) is 14.8. The van der Waals surface area contributed by atoms with E-state index in [9.17, 15) is 9.90 Å². The molecule has 7 nitrogen and oxygen atoms in total. The molecule has 0 amide bonds. The number of carbonyl (C=O) groups is 1. The van der Waals surface area contributed by atoms with Crippen LogP contribution in [0.5, 0.6) is 11.5 Å². The third-order valence-electron chi connectivity index (χ3n) is 3.97. The van der Waals surface area contributed by atoms with Crippen molar-refractivity contribution in [2.75, 3.05) is 7.11 Å². The average molecular weight is 376 g/mol. The number of rotatable bonds is 5. The number of halogens is 1. The molecule has 0 aliphatic heterocycles. The number of aliphatic carboxylic acids is 1. The molecule has 0 saturated heterocycles. The number of carboxylic acid groups (broad SMARTS) is 1. The number of carboxylic acids is 1. The summed E-state index contributed by atoms with van der Waals surface area (Å²) in [6, 6.07) is 5.12. The van der Waals surface area contributed by atoms with Crippen molar-refractivity contribution in [3.63, 3.8) is 0 Å². The van der Waals surface area contributed by atoms with E-state index in [0.717, 1.165) is 10.9 Å². The molecule has 0 bridgehead atoms. The maximum atomic E-state index is 11.2. The van der Waals surface area contributed by atoms with E-state index >= 15 is 0 Å². The minimum absolute atomic E-state index is 0.272. The highest BCUT2D eigenvalue weighted by molar-refractivity contribution is 6.31. The van der Waals surface area contributed by atoms with Gasteiger partial charge in [-0.2, -0.15) is 5.10 Å². The van der Waals surface area contributed by atoms with Crippen LogP contribution in [0.2, 0.25) is 5.02 Å². The minimum atomic E-state index is -1.09. The van der Waals surface area contributed by atoms with Crippen LogP contribution in [0.1, 0.15) is 12.5 Å². The summed E-state index contributed by atoms with van der Waals surface area (Å²) in [5.74, 6) is -0.479. The van der Waals surface area contributed by atoms with Gasteiger partial charge in [0, 0.05) is 35.3 Å². The Morgan fingerprint density at radius 1 is 1.35 bits per heavy atom. The third kappa shape index (κ3) is 3.30. The van der Waals surface area contributed by atoms with Gasteiger partial charge in [0.2, 0.25) is 0 Å². The molecule has 1 aromatic carbocycles. The second-order valence-electron chi connectivity index (χ2n) is 5.95. The van der Waals surface area contributed by atoms with Crippen LogP contribution in [0.15, 0.2) is 24.4 Å². The van der Waals surface area contributed by atoms with Crippen LogP contribution in [0.4, 0.5) is 0 Å². The van der Waals surface area contributed by atoms with E-state index in [2.05, 4.69) is 10.1 Å². The molecule has 0 fully saturated rings. The zero-order valence-corrected chi connectivity index (χ0v) is 15.5. The Balaban J connectivity index is 2.23. The van der Waals surface area contributed by atoms with E-state index in [1.165, 1.54) is 14.0 Å². The molecule has 1 unspecified atom stereocenters. The first-order chi connectivity index (χ1) is 12.3. The number of hydrogen-bond donors (Lipinski definition) is 1. The Bertz CT molecular complexity index is 1000. The molecule has 8 heteroatoms. The molecule has 26 heavy (non-hydrogen) atoms. The quantitative estimate of drug-likeness (QED) is 0.734. The first-order valence-corrected chi connectivity index (χ1v) is 8.26. The molecule has 2 aromatic heterocycles. The second kappa shape index (κ2) is 6.84. The van der Waals surface area contributed by atoms with Crippen LogP contribution in [0.25, 0.3) is 22.3 Å². The molecule has 1 N–H and O–H groups in total. The zero-order chi connectivity index (χ0) is 19.0. The third-order valence-corrected chi connectivity index (χ3v) is 4.19. The van der Waals surface area contributed by atoms with Gasteiger partial charge in [-0.3, -0.25) is 4.68 Å². The molecular weight excluding hydrogens is 358 g/mol. The van der Waals surface area contributed by atoms with E-state index in [1.54, 1.807) is 16.8 Å². The van der Waals surface area contributed by atoms with Crippen molar-refractivity contribution in [1.29, 1.82) is 0 Å². The first kappa shape index (κ1) is 18.0. The highest BCUT2D eigenvalue weighted by atomic mass is 35.5. The second-order valence-corrected chi connectivity index (χ2v) is 6.38. The van der Waals surface area contributed by atoms with Crippen molar-refractivity contribution in [2.45, 2.75) is 20.0 Å². The molecule has 0 aliphatic carbocycles. The normalized spacial score (nSPS) is 12.2. The summed E-state index contributed by atoms with van der Waals surface area (Å²) in [4.78, 5) is 15.8. The maximum absolute atomic E-state index is 11.2. The molecule has 3 aromatic rings. The number of benzene rings is 1. The Morgan fingerprint density at radius 2 is 2.08 bits per heavy atom. The minimum Gasteiger partial charge on any atom is -0.493 e. The Hall–Kier alpha value is -2.80. The van der Waals surface area contributed by atoms with Gasteiger partial charge < -0.3 is 14.6 Å². The van der Waals surface area contributed by atoms with Crippen molar-refractivity contribution in [2.24, 2.45) is 7.05 Å². The lowest BCUT2D eigenvalue weighted by Crippen LogP contribution is -2.23. The van der Waals surface area contributed by atoms with Crippen molar-refractivity contribution < 1.29 is 19.4 Å². The highest BCUT2D eigenvalue weighted by Gasteiger charge is 2.22. The van der Waals surface area contributed by atoms with E-state index in [-0.39, 0.29) is 5.75 Å². The molecule has 3 rings (SSSR count). The van der Waals surface area contributed by atoms with E-state index in [0.29, 0.717) is 27.7 Å². The molecule has 1 atom stereocenters. The van der Waals surface area contributed by atoms with Crippen molar-refractivity contribution in [1.82, 2.24) is 14.8 Å². The van der Waals surface area contributed by atoms with Gasteiger partial charge in [0.15, 0.2) is 23.3 Å². The van der Waals surface area contributed by atoms with E-state index in [4.69, 9.17) is 21.1 Å². The van der Waals surface area contributed by atoms with Crippen molar-refractivity contribution in [3.8, 4) is 22.8 Å². The Kier molecular flexibility index (Phi) is 4.73. The lowest BCUT2D eigenvalue weighted by Gasteiger charge is -2.18. The maximum Gasteiger partial charge on any atom is 0.344 e. The Labute approximate surface area is 155 Å². The number of pyridine rings is 1. The molecule has 0 aliphatic rings. The van der Waals surface area contributed by atoms with Crippen LogP contribution < -0.4 is 9.47 Å². The number of aryl methyl sites for hydroxylation is 2.